The molecule has 0 radical (unpaired) electrons. The number of nitrogens with zero attached hydrogens (tertiary/aromatic N) is 2. The quantitative estimate of drug-likeness (QED) is 0.486. The van der Waals surface area contributed by atoms with E-state index in [1.807, 2.05) is 84.9 Å². The summed E-state index contributed by atoms with van der Waals surface area (Å²) in [5.41, 5.74) is 3.72. The summed E-state index contributed by atoms with van der Waals surface area (Å²) in [7, 11) is 0. The maximum atomic E-state index is 12.2. The zero-order valence-corrected chi connectivity index (χ0v) is 15.1. The van der Waals surface area contributed by atoms with Gasteiger partial charge in [0.2, 0.25) is 12.6 Å². The van der Waals surface area contributed by atoms with E-state index in [9.17, 15) is 4.79 Å². The van der Waals surface area contributed by atoms with Gasteiger partial charge in [0.05, 0.1) is 6.04 Å². The van der Waals surface area contributed by atoms with Gasteiger partial charge in [-0.15, -0.1) is 0 Å². The second-order valence-electron chi connectivity index (χ2n) is 6.81. The number of rotatable bonds is 3. The minimum absolute atomic E-state index is 0.251. The van der Waals surface area contributed by atoms with Gasteiger partial charge in [-0.05, 0) is 11.6 Å². The van der Waals surface area contributed by atoms with Crippen molar-refractivity contribution in [2.24, 2.45) is 0 Å². The highest BCUT2D eigenvalue weighted by molar-refractivity contribution is 5.86. The normalized spacial score (nSPS) is 18.4. The zero-order valence-electron chi connectivity index (χ0n) is 15.1. The van der Waals surface area contributed by atoms with E-state index in [1.165, 1.54) is 0 Å². The molecule has 1 aliphatic heterocycles. The molecular weight excluding hydrogens is 348 g/mol. The summed E-state index contributed by atoms with van der Waals surface area (Å²) in [6.45, 7) is 0. The molecule has 0 saturated heterocycles. The first-order chi connectivity index (χ1) is 13.9. The Hall–Kier alpha value is -3.66. The van der Waals surface area contributed by atoms with E-state index in [0.29, 0.717) is 0 Å². The van der Waals surface area contributed by atoms with Gasteiger partial charge in [0.15, 0.2) is 5.75 Å². The number of carbonyl (C=O) groups is 1. The molecule has 3 aromatic carbocycles. The van der Waals surface area contributed by atoms with Crippen LogP contribution in [-0.4, -0.2) is 16.3 Å². The molecule has 4 aromatic rings. The van der Waals surface area contributed by atoms with Crippen molar-refractivity contribution in [1.29, 1.82) is 0 Å². The minimum Gasteiger partial charge on any atom is -0.463 e. The molecule has 5 rings (SSSR count). The Morgan fingerprint density at radius 1 is 0.821 bits per heavy atom. The van der Waals surface area contributed by atoms with Crippen molar-refractivity contribution >= 4 is 17.3 Å². The fourth-order valence-electron chi connectivity index (χ4n) is 3.90. The van der Waals surface area contributed by atoms with Crippen LogP contribution in [0.2, 0.25) is 0 Å². The Morgan fingerprint density at radius 2 is 1.54 bits per heavy atom. The fraction of sp³-hybridized carbons (Fsp3) is 0.0833. The van der Waals surface area contributed by atoms with E-state index < -0.39 is 6.23 Å². The highest BCUT2D eigenvalue weighted by Crippen LogP contribution is 2.46. The van der Waals surface area contributed by atoms with Crippen molar-refractivity contribution in [2.75, 3.05) is 0 Å². The van der Waals surface area contributed by atoms with Crippen molar-refractivity contribution in [2.45, 2.75) is 12.3 Å². The van der Waals surface area contributed by atoms with Gasteiger partial charge in [0, 0.05) is 22.7 Å². The molecule has 0 bridgehead atoms. The smallest absolute Gasteiger partial charge is 0.213 e. The van der Waals surface area contributed by atoms with Gasteiger partial charge in [-0.2, -0.15) is 0 Å². The molecular formula is C24H18N2O2. The van der Waals surface area contributed by atoms with Crippen LogP contribution in [0.5, 0.6) is 5.75 Å². The second-order valence-corrected chi connectivity index (χ2v) is 6.81. The molecule has 2 heterocycles. The van der Waals surface area contributed by atoms with E-state index in [0.717, 1.165) is 39.8 Å². The third kappa shape index (κ3) is 2.62. The van der Waals surface area contributed by atoms with E-state index >= 15 is 0 Å². The van der Waals surface area contributed by atoms with Gasteiger partial charge < -0.3 is 4.74 Å². The van der Waals surface area contributed by atoms with E-state index in [1.54, 1.807) is 11.1 Å². The minimum atomic E-state index is -0.524. The van der Waals surface area contributed by atoms with Crippen LogP contribution >= 0.6 is 0 Å². The summed E-state index contributed by atoms with van der Waals surface area (Å²) >= 11 is 0. The summed E-state index contributed by atoms with van der Waals surface area (Å²) in [5, 5.41) is 1.01. The van der Waals surface area contributed by atoms with Crippen LogP contribution in [0.3, 0.4) is 0 Å². The summed E-state index contributed by atoms with van der Waals surface area (Å²) in [4.78, 5) is 18.5. The molecule has 2 atom stereocenters. The Bertz CT molecular complexity index is 1130. The predicted octanol–water partition coefficient (Wildman–Crippen LogP) is 4.87. The molecule has 28 heavy (non-hydrogen) atoms. The maximum Gasteiger partial charge on any atom is 0.213 e. The number of carbonyl (C=O) groups excluding carboxylic acids is 1. The lowest BCUT2D eigenvalue weighted by Gasteiger charge is -2.41. The standard InChI is InChI=1S/C24H18N2O2/c27-16-26-22(18-8-3-1-4-9-18)20-14-13-17-12-7-15-25-21(17)23(20)28-24(26)19-10-5-2-6-11-19/h1-16,22,24H/t22-,24+/m0/s1. The Labute approximate surface area is 163 Å². The van der Waals surface area contributed by atoms with Crippen molar-refractivity contribution < 1.29 is 9.53 Å². The Balaban J connectivity index is 1.77. The zero-order chi connectivity index (χ0) is 18.9. The molecule has 1 amide bonds. The summed E-state index contributed by atoms with van der Waals surface area (Å²) in [5.74, 6) is 0.735. The van der Waals surface area contributed by atoms with Gasteiger partial charge in [0.1, 0.15) is 5.52 Å². The monoisotopic (exact) mass is 366 g/mol. The first kappa shape index (κ1) is 16.5. The summed E-state index contributed by atoms with van der Waals surface area (Å²) < 4.78 is 6.42. The average molecular weight is 366 g/mol. The third-order valence-corrected chi connectivity index (χ3v) is 5.17. The van der Waals surface area contributed by atoms with Crippen LogP contribution in [-0.2, 0) is 4.79 Å². The first-order valence-electron chi connectivity index (χ1n) is 9.24. The van der Waals surface area contributed by atoms with E-state index in [2.05, 4.69) is 4.98 Å². The predicted molar refractivity (Wildman–Crippen MR) is 108 cm³/mol. The number of aromatic nitrogens is 1. The molecule has 1 aromatic heterocycles. The first-order valence-corrected chi connectivity index (χ1v) is 9.24. The lowest BCUT2D eigenvalue weighted by Crippen LogP contribution is -2.39. The lowest BCUT2D eigenvalue weighted by molar-refractivity contribution is -0.131. The van der Waals surface area contributed by atoms with Crippen molar-refractivity contribution in [3.8, 4) is 5.75 Å². The van der Waals surface area contributed by atoms with E-state index in [4.69, 9.17) is 4.74 Å². The number of ether oxygens (including phenoxy) is 1. The van der Waals surface area contributed by atoms with Gasteiger partial charge in [-0.25, -0.2) is 0 Å². The molecule has 4 heteroatoms. The van der Waals surface area contributed by atoms with Crippen LogP contribution in [0.15, 0.2) is 91.1 Å². The molecule has 0 saturated carbocycles. The van der Waals surface area contributed by atoms with Crippen molar-refractivity contribution in [3.05, 3.63) is 108 Å². The molecule has 0 N–H and O–H groups in total. The topological polar surface area (TPSA) is 42.4 Å². The summed E-state index contributed by atoms with van der Waals surface area (Å²) in [6.07, 6.45) is 2.12. The maximum absolute atomic E-state index is 12.2. The van der Waals surface area contributed by atoms with Crippen molar-refractivity contribution in [3.63, 3.8) is 0 Å². The molecule has 0 unspecified atom stereocenters. The van der Waals surface area contributed by atoms with Gasteiger partial charge >= 0.3 is 0 Å². The molecule has 0 spiro atoms. The number of hydrogen-bond acceptors (Lipinski definition) is 3. The van der Waals surface area contributed by atoms with Crippen LogP contribution in [0.25, 0.3) is 10.9 Å². The summed E-state index contributed by atoms with van der Waals surface area (Å²) in [6, 6.07) is 27.6. The number of hydrogen-bond donors (Lipinski definition) is 0. The number of fused-ring (bicyclic) bond motifs is 3. The second kappa shape index (κ2) is 6.82. The van der Waals surface area contributed by atoms with Crippen LogP contribution in [0, 0.1) is 0 Å². The van der Waals surface area contributed by atoms with Crippen LogP contribution in [0.1, 0.15) is 29.0 Å². The van der Waals surface area contributed by atoms with Crippen LogP contribution in [0.4, 0.5) is 0 Å². The molecule has 0 fully saturated rings. The Kier molecular flexibility index (Phi) is 4.02. The molecule has 1 aliphatic rings. The van der Waals surface area contributed by atoms with Gasteiger partial charge in [-0.3, -0.25) is 14.7 Å². The molecule has 4 nitrogen and oxygen atoms in total. The number of benzene rings is 3. The largest absolute Gasteiger partial charge is 0.463 e. The fourth-order valence-corrected chi connectivity index (χ4v) is 3.90. The number of amides is 1. The SMILES string of the molecule is O=CN1[C@@H](c2ccccc2)c2ccc3cccnc3c2O[C@@H]1c1ccccc1. The van der Waals surface area contributed by atoms with Crippen LogP contribution < -0.4 is 4.74 Å². The number of pyridine rings is 1. The van der Waals surface area contributed by atoms with Gasteiger partial charge in [0.25, 0.3) is 0 Å². The Morgan fingerprint density at radius 3 is 2.25 bits per heavy atom. The van der Waals surface area contributed by atoms with Crippen molar-refractivity contribution in [1.82, 2.24) is 9.88 Å². The van der Waals surface area contributed by atoms with Gasteiger partial charge in [-0.1, -0.05) is 78.9 Å². The molecule has 0 aliphatic carbocycles. The lowest BCUT2D eigenvalue weighted by atomic mass is 9.92. The third-order valence-electron chi connectivity index (χ3n) is 5.17. The molecule has 136 valence electrons. The highest BCUT2D eigenvalue weighted by Gasteiger charge is 2.37. The highest BCUT2D eigenvalue weighted by atomic mass is 16.5. The van der Waals surface area contributed by atoms with E-state index in [-0.39, 0.29) is 6.04 Å². The average Bonchev–Trinajstić information content (AvgIpc) is 2.78.